The van der Waals surface area contributed by atoms with Crippen molar-refractivity contribution in [3.63, 3.8) is 0 Å². The van der Waals surface area contributed by atoms with Gasteiger partial charge in [0.15, 0.2) is 5.78 Å². The summed E-state index contributed by atoms with van der Waals surface area (Å²) in [5, 5.41) is 0. The van der Waals surface area contributed by atoms with E-state index in [0.717, 1.165) is 28.7 Å². The van der Waals surface area contributed by atoms with Gasteiger partial charge in [0.1, 0.15) is 0 Å². The zero-order chi connectivity index (χ0) is 16.5. The molecule has 0 atom stereocenters. The number of hydrogen-bond donors (Lipinski definition) is 0. The van der Waals surface area contributed by atoms with E-state index in [1.807, 2.05) is 30.3 Å². The monoisotopic (exact) mass is 295 g/mol. The summed E-state index contributed by atoms with van der Waals surface area (Å²) in [5.74, 6) is -1.57. The van der Waals surface area contributed by atoms with E-state index in [4.69, 9.17) is 0 Å². The number of rotatable bonds is 6. The Morgan fingerprint density at radius 1 is 1.00 bits per heavy atom. The van der Waals surface area contributed by atoms with Crippen LogP contribution in [0.5, 0.6) is 0 Å². The molecule has 0 heterocycles. The Kier molecular flexibility index (Phi) is 6.44. The molecule has 0 saturated heterocycles. The van der Waals surface area contributed by atoms with Gasteiger partial charge in [0.2, 0.25) is 0 Å². The fraction of sp³-hybridized carbons (Fsp3) is 0.0556. The molecule has 0 aromatic heterocycles. The fourth-order valence-electron chi connectivity index (χ4n) is 1.57. The highest BCUT2D eigenvalue weighted by Gasteiger charge is 2.15. The topological polar surface area (TPSA) is 54.5 Å². The van der Waals surface area contributed by atoms with Crippen molar-refractivity contribution < 1.29 is 14.4 Å². The molecular formula is C18H17NO3. The summed E-state index contributed by atoms with van der Waals surface area (Å²) >= 11 is 0. The number of carbonyl (C=O) groups excluding carboxylic acids is 3. The Morgan fingerprint density at radius 3 is 2.18 bits per heavy atom. The van der Waals surface area contributed by atoms with Crippen LogP contribution in [0, 0.1) is 0 Å². The lowest BCUT2D eigenvalue weighted by molar-refractivity contribution is -0.135. The highest BCUT2D eigenvalue weighted by atomic mass is 16.2. The first kappa shape index (κ1) is 17.0. The minimum Gasteiger partial charge on any atom is -0.290 e. The highest BCUT2D eigenvalue weighted by molar-refractivity contribution is 6.11. The first-order valence-electron chi connectivity index (χ1n) is 6.57. The summed E-state index contributed by atoms with van der Waals surface area (Å²) < 4.78 is 0. The molecule has 0 spiro atoms. The van der Waals surface area contributed by atoms with Gasteiger partial charge in [-0.25, -0.2) is 0 Å². The molecule has 2 amide bonds. The normalized spacial score (nSPS) is 11.0. The molecule has 0 bridgehead atoms. The van der Waals surface area contributed by atoms with Crippen molar-refractivity contribution in [2.75, 3.05) is 0 Å². The predicted molar refractivity (Wildman–Crippen MR) is 86.5 cm³/mol. The van der Waals surface area contributed by atoms with E-state index in [-0.39, 0.29) is 11.4 Å². The van der Waals surface area contributed by atoms with Gasteiger partial charge in [-0.2, -0.15) is 0 Å². The van der Waals surface area contributed by atoms with Crippen LogP contribution >= 0.6 is 0 Å². The molecule has 0 unspecified atom stereocenters. The zero-order valence-electron chi connectivity index (χ0n) is 12.4. The average molecular weight is 295 g/mol. The highest BCUT2D eigenvalue weighted by Crippen LogP contribution is 2.06. The van der Waals surface area contributed by atoms with Crippen LogP contribution in [0.4, 0.5) is 0 Å². The maximum absolute atomic E-state index is 12.1. The number of hydrogen-bond acceptors (Lipinski definition) is 3. The molecule has 0 aliphatic rings. The minimum atomic E-state index is -0.621. The number of carbonyl (C=O) groups is 3. The van der Waals surface area contributed by atoms with Crippen molar-refractivity contribution in [3.8, 4) is 0 Å². The summed E-state index contributed by atoms with van der Waals surface area (Å²) in [7, 11) is 0. The number of imide groups is 1. The molecule has 1 rings (SSSR count). The van der Waals surface area contributed by atoms with E-state index in [0.29, 0.717) is 0 Å². The van der Waals surface area contributed by atoms with Crippen molar-refractivity contribution in [1.29, 1.82) is 0 Å². The van der Waals surface area contributed by atoms with Gasteiger partial charge in [-0.3, -0.25) is 19.3 Å². The number of ketones is 1. The molecule has 4 heteroatoms. The van der Waals surface area contributed by atoms with E-state index in [2.05, 4.69) is 13.2 Å². The van der Waals surface area contributed by atoms with Crippen LogP contribution in [0.1, 0.15) is 12.5 Å². The molecule has 1 aromatic rings. The van der Waals surface area contributed by atoms with E-state index >= 15 is 0 Å². The van der Waals surface area contributed by atoms with Crippen molar-refractivity contribution in [2.24, 2.45) is 0 Å². The Hall–Kier alpha value is -3.01. The first-order valence-corrected chi connectivity index (χ1v) is 6.57. The quantitative estimate of drug-likeness (QED) is 0.758. The number of nitrogens with zero attached hydrogens (tertiary/aromatic N) is 1. The summed E-state index contributed by atoms with van der Waals surface area (Å²) in [6.07, 6.45) is 6.21. The summed E-state index contributed by atoms with van der Waals surface area (Å²) in [6, 6.07) is 9.21. The SMILES string of the molecule is C=CC(=O)C(C)=CC(=O)N(C=Cc1ccccc1)C(=O)C=C. The molecule has 1 aromatic carbocycles. The molecule has 0 aliphatic heterocycles. The zero-order valence-corrected chi connectivity index (χ0v) is 12.4. The van der Waals surface area contributed by atoms with E-state index in [1.165, 1.54) is 13.1 Å². The van der Waals surface area contributed by atoms with Crippen LogP contribution in [0.25, 0.3) is 6.08 Å². The third-order valence-corrected chi connectivity index (χ3v) is 2.78. The number of allylic oxidation sites excluding steroid dienone is 2. The second-order valence-corrected chi connectivity index (χ2v) is 4.37. The smallest absolute Gasteiger partial charge is 0.257 e. The van der Waals surface area contributed by atoms with Crippen molar-refractivity contribution in [3.05, 3.63) is 79.1 Å². The maximum atomic E-state index is 12.1. The fourth-order valence-corrected chi connectivity index (χ4v) is 1.57. The van der Waals surface area contributed by atoms with E-state index < -0.39 is 11.8 Å². The lowest BCUT2D eigenvalue weighted by Crippen LogP contribution is -2.29. The Bertz CT molecular complexity index is 654. The van der Waals surface area contributed by atoms with Crippen molar-refractivity contribution in [2.45, 2.75) is 6.92 Å². The standard InChI is InChI=1S/C18H17NO3/c1-4-16(20)14(3)13-18(22)19(17(21)5-2)12-11-15-9-7-6-8-10-15/h4-13H,1-2H2,3H3. The van der Waals surface area contributed by atoms with Crippen LogP contribution < -0.4 is 0 Å². The molecule has 22 heavy (non-hydrogen) atoms. The van der Waals surface area contributed by atoms with Crippen LogP contribution in [0.15, 0.2) is 73.5 Å². The van der Waals surface area contributed by atoms with Gasteiger partial charge in [-0.1, -0.05) is 43.5 Å². The lowest BCUT2D eigenvalue weighted by atomic mass is 10.1. The van der Waals surface area contributed by atoms with E-state index in [1.54, 1.807) is 6.08 Å². The van der Waals surface area contributed by atoms with Gasteiger partial charge in [0.05, 0.1) is 0 Å². The summed E-state index contributed by atoms with van der Waals surface area (Å²) in [5.41, 5.74) is 1.04. The third kappa shape index (κ3) is 4.83. The molecule has 0 N–H and O–H groups in total. The number of benzene rings is 1. The van der Waals surface area contributed by atoms with Crippen LogP contribution in [-0.2, 0) is 14.4 Å². The van der Waals surface area contributed by atoms with Crippen molar-refractivity contribution >= 4 is 23.7 Å². The minimum absolute atomic E-state index is 0.204. The van der Waals surface area contributed by atoms with Gasteiger partial charge in [-0.05, 0) is 30.7 Å². The molecular weight excluding hydrogens is 278 g/mol. The molecule has 112 valence electrons. The predicted octanol–water partition coefficient (Wildman–Crippen LogP) is 2.90. The first-order chi connectivity index (χ1) is 10.5. The molecule has 0 aliphatic carbocycles. The van der Waals surface area contributed by atoms with Crippen LogP contribution in [0.2, 0.25) is 0 Å². The summed E-state index contributed by atoms with van der Waals surface area (Å²) in [4.78, 5) is 36.2. The van der Waals surface area contributed by atoms with Gasteiger partial charge in [0, 0.05) is 17.8 Å². The molecule has 0 fully saturated rings. The molecule has 4 nitrogen and oxygen atoms in total. The lowest BCUT2D eigenvalue weighted by Gasteiger charge is -2.12. The van der Waals surface area contributed by atoms with E-state index in [9.17, 15) is 14.4 Å². The van der Waals surface area contributed by atoms with Gasteiger partial charge >= 0.3 is 0 Å². The second-order valence-electron chi connectivity index (χ2n) is 4.37. The van der Waals surface area contributed by atoms with Crippen LogP contribution in [-0.4, -0.2) is 22.5 Å². The Balaban J connectivity index is 3.03. The maximum Gasteiger partial charge on any atom is 0.257 e. The van der Waals surface area contributed by atoms with Crippen LogP contribution in [0.3, 0.4) is 0 Å². The Morgan fingerprint density at radius 2 is 1.64 bits per heavy atom. The molecule has 0 radical (unpaired) electrons. The van der Waals surface area contributed by atoms with Crippen molar-refractivity contribution in [1.82, 2.24) is 4.90 Å². The largest absolute Gasteiger partial charge is 0.290 e. The van der Waals surface area contributed by atoms with Gasteiger partial charge in [0.25, 0.3) is 11.8 Å². The number of amides is 2. The summed E-state index contributed by atoms with van der Waals surface area (Å²) in [6.45, 7) is 8.20. The third-order valence-electron chi connectivity index (χ3n) is 2.78. The Labute approximate surface area is 129 Å². The van der Waals surface area contributed by atoms with Gasteiger partial charge in [-0.15, -0.1) is 0 Å². The average Bonchev–Trinajstić information content (AvgIpc) is 2.54. The molecule has 0 saturated carbocycles. The second kappa shape index (κ2) is 8.32. The van der Waals surface area contributed by atoms with Gasteiger partial charge < -0.3 is 0 Å².